The standard InChI is InChI=1S/C21H25ClN4O2S/c1-14(2)17-12-20(28)26-15(13-29-21(26)23-17)11-19(27)25-9-7-24(8-10-25)18-6-4-3-5-16(18)22/h3-6,12,14-15H,7-11,13H2,1-2H3. The zero-order chi connectivity index (χ0) is 20.5. The highest BCUT2D eigenvalue weighted by Gasteiger charge is 2.30. The second kappa shape index (κ2) is 8.40. The van der Waals surface area contributed by atoms with E-state index in [1.165, 1.54) is 0 Å². The number of fused-ring (bicyclic) bond motifs is 1. The van der Waals surface area contributed by atoms with E-state index in [0.717, 1.165) is 40.4 Å². The van der Waals surface area contributed by atoms with Gasteiger partial charge in [0.1, 0.15) is 0 Å². The van der Waals surface area contributed by atoms with Crippen molar-refractivity contribution in [2.24, 2.45) is 0 Å². The summed E-state index contributed by atoms with van der Waals surface area (Å²) in [7, 11) is 0. The largest absolute Gasteiger partial charge is 0.367 e. The highest BCUT2D eigenvalue weighted by Crippen LogP contribution is 2.33. The monoisotopic (exact) mass is 432 g/mol. The van der Waals surface area contributed by atoms with Gasteiger partial charge in [0.05, 0.1) is 22.4 Å². The van der Waals surface area contributed by atoms with Gasteiger partial charge in [0.2, 0.25) is 5.91 Å². The summed E-state index contributed by atoms with van der Waals surface area (Å²) < 4.78 is 1.70. The summed E-state index contributed by atoms with van der Waals surface area (Å²) in [6.45, 7) is 6.89. The average Bonchev–Trinajstić information content (AvgIpc) is 3.11. The van der Waals surface area contributed by atoms with E-state index < -0.39 is 0 Å². The summed E-state index contributed by atoms with van der Waals surface area (Å²) in [4.78, 5) is 34.2. The van der Waals surface area contributed by atoms with Gasteiger partial charge in [0, 0.05) is 44.4 Å². The topological polar surface area (TPSA) is 58.4 Å². The van der Waals surface area contributed by atoms with E-state index in [2.05, 4.69) is 9.88 Å². The summed E-state index contributed by atoms with van der Waals surface area (Å²) >= 11 is 7.87. The smallest absolute Gasteiger partial charge is 0.254 e. The first kappa shape index (κ1) is 20.3. The minimum absolute atomic E-state index is 0.0509. The first-order valence-electron chi connectivity index (χ1n) is 9.97. The molecule has 0 spiro atoms. The van der Waals surface area contributed by atoms with Crippen molar-refractivity contribution in [2.45, 2.75) is 37.4 Å². The Morgan fingerprint density at radius 3 is 2.66 bits per heavy atom. The number of piperazine rings is 1. The van der Waals surface area contributed by atoms with Gasteiger partial charge in [0.15, 0.2) is 5.16 Å². The zero-order valence-electron chi connectivity index (χ0n) is 16.7. The Kier molecular flexibility index (Phi) is 5.88. The molecule has 2 aliphatic rings. The van der Waals surface area contributed by atoms with Crippen LogP contribution in [0.4, 0.5) is 5.69 Å². The fourth-order valence-electron chi connectivity index (χ4n) is 3.85. The van der Waals surface area contributed by atoms with Gasteiger partial charge in [-0.05, 0) is 18.1 Å². The third-order valence-corrected chi connectivity index (χ3v) is 6.95. The van der Waals surface area contributed by atoms with Gasteiger partial charge in [-0.2, -0.15) is 0 Å². The quantitative estimate of drug-likeness (QED) is 0.693. The van der Waals surface area contributed by atoms with Crippen LogP contribution in [0.1, 0.15) is 37.9 Å². The molecular formula is C21H25ClN4O2S. The third-order valence-electron chi connectivity index (χ3n) is 5.54. The highest BCUT2D eigenvalue weighted by molar-refractivity contribution is 7.99. The number of hydrogen-bond donors (Lipinski definition) is 0. The molecule has 29 heavy (non-hydrogen) atoms. The normalized spacial score (nSPS) is 19.0. The number of anilines is 1. The molecule has 154 valence electrons. The molecule has 8 heteroatoms. The van der Waals surface area contributed by atoms with Gasteiger partial charge in [-0.1, -0.05) is 49.3 Å². The predicted octanol–water partition coefficient (Wildman–Crippen LogP) is 3.41. The molecule has 2 aliphatic heterocycles. The summed E-state index contributed by atoms with van der Waals surface area (Å²) in [6, 6.07) is 9.29. The Bertz CT molecular complexity index is 969. The van der Waals surface area contributed by atoms with Crippen molar-refractivity contribution >= 4 is 35.0 Å². The highest BCUT2D eigenvalue weighted by atomic mass is 35.5. The van der Waals surface area contributed by atoms with Crippen LogP contribution in [0.3, 0.4) is 0 Å². The van der Waals surface area contributed by atoms with Crippen LogP contribution < -0.4 is 10.5 Å². The summed E-state index contributed by atoms with van der Waals surface area (Å²) in [5.41, 5.74) is 1.78. The van der Waals surface area contributed by atoms with Crippen molar-refractivity contribution in [3.05, 3.63) is 51.4 Å². The van der Waals surface area contributed by atoms with E-state index in [-0.39, 0.29) is 23.4 Å². The number of carbonyl (C=O) groups is 1. The molecule has 0 saturated carbocycles. The molecule has 0 bridgehead atoms. The number of para-hydroxylation sites is 1. The summed E-state index contributed by atoms with van der Waals surface area (Å²) in [5, 5.41) is 1.47. The van der Waals surface area contributed by atoms with Crippen molar-refractivity contribution in [2.75, 3.05) is 36.8 Å². The van der Waals surface area contributed by atoms with Crippen LogP contribution in [-0.4, -0.2) is 52.3 Å². The number of aromatic nitrogens is 2. The van der Waals surface area contributed by atoms with Gasteiger partial charge in [0.25, 0.3) is 5.56 Å². The number of rotatable bonds is 4. The lowest BCUT2D eigenvalue weighted by Crippen LogP contribution is -2.49. The van der Waals surface area contributed by atoms with Gasteiger partial charge >= 0.3 is 0 Å². The second-order valence-electron chi connectivity index (χ2n) is 7.81. The van der Waals surface area contributed by atoms with Gasteiger partial charge in [-0.25, -0.2) is 4.98 Å². The Labute approximate surface area is 179 Å². The number of benzene rings is 1. The molecule has 0 radical (unpaired) electrons. The SMILES string of the molecule is CC(C)c1cc(=O)n2c(n1)SCC2CC(=O)N1CCN(c2ccccc2Cl)CC1. The molecule has 4 rings (SSSR count). The first-order chi connectivity index (χ1) is 13.9. The fourth-order valence-corrected chi connectivity index (χ4v) is 5.26. The Hall–Kier alpha value is -1.99. The van der Waals surface area contributed by atoms with Crippen molar-refractivity contribution in [3.63, 3.8) is 0 Å². The summed E-state index contributed by atoms with van der Waals surface area (Å²) in [5.74, 6) is 1.03. The van der Waals surface area contributed by atoms with Gasteiger partial charge < -0.3 is 9.80 Å². The molecule has 1 fully saturated rings. The minimum atomic E-state index is -0.120. The van der Waals surface area contributed by atoms with E-state index in [4.69, 9.17) is 11.6 Å². The Morgan fingerprint density at radius 1 is 1.24 bits per heavy atom. The molecule has 0 aliphatic carbocycles. The summed E-state index contributed by atoms with van der Waals surface area (Å²) in [6.07, 6.45) is 0.342. The number of halogens is 1. The van der Waals surface area contributed by atoms with Crippen molar-refractivity contribution < 1.29 is 4.79 Å². The van der Waals surface area contributed by atoms with E-state index >= 15 is 0 Å². The number of amides is 1. The number of thioether (sulfide) groups is 1. The maximum atomic E-state index is 12.9. The Morgan fingerprint density at radius 2 is 1.97 bits per heavy atom. The maximum Gasteiger partial charge on any atom is 0.254 e. The molecule has 1 saturated heterocycles. The molecule has 2 aromatic rings. The van der Waals surface area contributed by atoms with Crippen molar-refractivity contribution in [1.29, 1.82) is 0 Å². The van der Waals surface area contributed by atoms with E-state index in [1.807, 2.05) is 43.0 Å². The lowest BCUT2D eigenvalue weighted by molar-refractivity contribution is -0.132. The predicted molar refractivity (Wildman–Crippen MR) is 117 cm³/mol. The van der Waals surface area contributed by atoms with Crippen LogP contribution in [0.2, 0.25) is 5.02 Å². The average molecular weight is 433 g/mol. The second-order valence-corrected chi connectivity index (χ2v) is 9.21. The van der Waals surface area contributed by atoms with Crippen LogP contribution in [0, 0.1) is 0 Å². The molecule has 6 nitrogen and oxygen atoms in total. The lowest BCUT2D eigenvalue weighted by atomic mass is 10.1. The maximum absolute atomic E-state index is 12.9. The van der Waals surface area contributed by atoms with Crippen LogP contribution in [0.5, 0.6) is 0 Å². The van der Waals surface area contributed by atoms with E-state index in [0.29, 0.717) is 19.5 Å². The van der Waals surface area contributed by atoms with Gasteiger partial charge in [-0.15, -0.1) is 0 Å². The molecule has 1 atom stereocenters. The van der Waals surface area contributed by atoms with E-state index in [1.54, 1.807) is 22.4 Å². The molecular weight excluding hydrogens is 408 g/mol. The van der Waals surface area contributed by atoms with Gasteiger partial charge in [-0.3, -0.25) is 14.2 Å². The number of nitrogens with zero attached hydrogens (tertiary/aromatic N) is 4. The number of carbonyl (C=O) groups excluding carboxylic acids is 1. The lowest BCUT2D eigenvalue weighted by Gasteiger charge is -2.37. The molecule has 1 aromatic carbocycles. The molecule has 0 N–H and O–H groups in total. The molecule has 1 unspecified atom stereocenters. The molecule has 3 heterocycles. The van der Waals surface area contributed by atoms with Crippen LogP contribution in [0.15, 0.2) is 40.3 Å². The van der Waals surface area contributed by atoms with Crippen LogP contribution in [0.25, 0.3) is 0 Å². The molecule has 1 aromatic heterocycles. The van der Waals surface area contributed by atoms with Crippen molar-refractivity contribution in [1.82, 2.24) is 14.5 Å². The van der Waals surface area contributed by atoms with Crippen LogP contribution in [-0.2, 0) is 4.79 Å². The van der Waals surface area contributed by atoms with Crippen molar-refractivity contribution in [3.8, 4) is 0 Å². The third kappa shape index (κ3) is 4.16. The first-order valence-corrected chi connectivity index (χ1v) is 11.3. The number of hydrogen-bond acceptors (Lipinski definition) is 5. The fraction of sp³-hybridized carbons (Fsp3) is 0.476. The zero-order valence-corrected chi connectivity index (χ0v) is 18.2. The minimum Gasteiger partial charge on any atom is -0.367 e. The van der Waals surface area contributed by atoms with Crippen LogP contribution >= 0.6 is 23.4 Å². The van der Waals surface area contributed by atoms with E-state index in [9.17, 15) is 9.59 Å². The molecule has 1 amide bonds. The Balaban J connectivity index is 1.40.